The van der Waals surface area contributed by atoms with Crippen LogP contribution >= 0.6 is 11.9 Å². The van der Waals surface area contributed by atoms with Crippen LogP contribution in [0.15, 0.2) is 0 Å². The van der Waals surface area contributed by atoms with E-state index >= 15 is 0 Å². The number of carbonyl (C=O) groups excluding carboxylic acids is 1. The first-order valence-corrected chi connectivity index (χ1v) is 1.37. The molecular weight excluding hydrogens is 114 g/mol. The Morgan fingerprint density at radius 1 is 1.83 bits per heavy atom. The van der Waals surface area contributed by atoms with Crippen LogP contribution in [0.3, 0.4) is 0 Å². The molecule has 0 saturated heterocycles. The van der Waals surface area contributed by atoms with Gasteiger partial charge in [-0.3, -0.25) is 4.79 Å². The Bertz CT molecular complexity index is 46.8. The van der Waals surface area contributed by atoms with Gasteiger partial charge in [-0.2, -0.15) is 0 Å². The molecule has 0 rings (SSSR count). The molecule has 0 bridgehead atoms. The second kappa shape index (κ2) is 5.76. The van der Waals surface area contributed by atoms with E-state index in [1.54, 1.807) is 0 Å². The zero-order chi connectivity index (χ0) is 4.28. The van der Waals surface area contributed by atoms with Gasteiger partial charge in [-0.25, -0.2) is 0 Å². The maximum absolute atomic E-state index is 9.46. The molecule has 0 aliphatic rings. The van der Waals surface area contributed by atoms with Crippen LogP contribution in [0.25, 0.3) is 0 Å². The molecule has 0 heterocycles. The van der Waals surface area contributed by atoms with E-state index in [0.29, 0.717) is 0 Å². The second-order valence-electron chi connectivity index (χ2n) is 0.569. The Labute approximate surface area is 63.3 Å². The third-order valence-corrected chi connectivity index (χ3v) is 0.326. The van der Waals surface area contributed by atoms with Gasteiger partial charge < -0.3 is 4.29 Å². The molecule has 0 unspecified atom stereocenters. The zero-order valence-electron chi connectivity index (χ0n) is 3.69. The van der Waals surface area contributed by atoms with Gasteiger partial charge in [-0.15, -0.1) is 0 Å². The molecule has 0 atom stereocenters. The third-order valence-electron chi connectivity index (χ3n) is 0.109. The van der Waals surface area contributed by atoms with E-state index in [-0.39, 0.29) is 29.6 Å². The fourth-order valence-electron chi connectivity index (χ4n) is 0. The van der Waals surface area contributed by atoms with E-state index in [9.17, 15) is 4.79 Å². The summed E-state index contributed by atoms with van der Waals surface area (Å²) < 4.78 is 3.58. The van der Waals surface area contributed by atoms with Crippen LogP contribution in [0.5, 0.6) is 0 Å². The topological polar surface area (TPSA) is 26.3 Å². The first kappa shape index (κ1) is 9.90. The number of rotatable bonds is 0. The zero-order valence-corrected chi connectivity index (χ0v) is 6.45. The van der Waals surface area contributed by atoms with Crippen molar-refractivity contribution in [2.45, 2.75) is 6.92 Å². The predicted octanol–water partition coefficient (Wildman–Crippen LogP) is -2.29. The van der Waals surface area contributed by atoms with E-state index in [2.05, 4.69) is 16.2 Å². The van der Waals surface area contributed by atoms with E-state index < -0.39 is 5.97 Å². The fourth-order valence-corrected chi connectivity index (χ4v) is 0. The molecule has 0 amide bonds. The van der Waals surface area contributed by atoms with Crippen molar-refractivity contribution in [1.82, 2.24) is 0 Å². The number of carbonyl (C=O) groups is 1. The van der Waals surface area contributed by atoms with Crippen LogP contribution in [-0.4, -0.2) is 5.97 Å². The average Bonchev–Trinajstić information content (AvgIpc) is 1.38. The summed E-state index contributed by atoms with van der Waals surface area (Å²) in [7, 11) is 0. The summed E-state index contributed by atoms with van der Waals surface area (Å²) in [4.78, 5) is 9.46. The molecule has 0 spiro atoms. The monoisotopic (exact) mass is 117 g/mol. The van der Waals surface area contributed by atoms with Crippen LogP contribution < -0.4 is 29.6 Å². The van der Waals surface area contributed by atoms with Gasteiger partial charge in [0.25, 0.3) is 0 Å². The Kier molecular flexibility index (Phi) is 9.50. The summed E-state index contributed by atoms with van der Waals surface area (Å²) in [6, 6.07) is 0. The van der Waals surface area contributed by atoms with Gasteiger partial charge in [0.05, 0.1) is 0 Å². The molecule has 0 aliphatic heterocycles. The van der Waals surface area contributed by atoms with Crippen molar-refractivity contribution in [3.8, 4) is 0 Å². The second-order valence-corrected chi connectivity index (χ2v) is 0.723. The molecule has 6 heavy (non-hydrogen) atoms. The summed E-state index contributed by atoms with van der Waals surface area (Å²) in [6.07, 6.45) is 0. The Morgan fingerprint density at radius 2 is 2.00 bits per heavy atom. The maximum atomic E-state index is 9.46. The van der Waals surface area contributed by atoms with Crippen molar-refractivity contribution in [3.05, 3.63) is 0 Å². The summed E-state index contributed by atoms with van der Waals surface area (Å²) >= 11 is 4.49. The SMILES string of the molecule is CC(=O)OCl.[Na+]. The van der Waals surface area contributed by atoms with E-state index in [1.807, 2.05) is 0 Å². The normalized spacial score (nSPS) is 5.67. The van der Waals surface area contributed by atoms with Crippen molar-refractivity contribution in [3.63, 3.8) is 0 Å². The minimum absolute atomic E-state index is 0. The molecule has 0 aliphatic carbocycles. The van der Waals surface area contributed by atoms with Crippen LogP contribution in [0.4, 0.5) is 0 Å². The molecular formula is C2H3ClNaO2+. The molecule has 2 nitrogen and oxygen atoms in total. The van der Waals surface area contributed by atoms with Crippen molar-refractivity contribution in [1.29, 1.82) is 0 Å². The number of hydrogen-bond acceptors (Lipinski definition) is 2. The van der Waals surface area contributed by atoms with Crippen LogP contribution in [0.2, 0.25) is 0 Å². The van der Waals surface area contributed by atoms with Gasteiger partial charge in [-0.05, 0) is 0 Å². The van der Waals surface area contributed by atoms with Gasteiger partial charge in [0, 0.05) is 6.92 Å². The van der Waals surface area contributed by atoms with Crippen molar-refractivity contribution in [2.75, 3.05) is 0 Å². The Morgan fingerprint density at radius 3 is 2.00 bits per heavy atom. The van der Waals surface area contributed by atoms with Crippen molar-refractivity contribution < 1.29 is 38.6 Å². The molecule has 0 saturated carbocycles. The fraction of sp³-hybridized carbons (Fsp3) is 0.500. The summed E-state index contributed by atoms with van der Waals surface area (Å²) in [5.41, 5.74) is 0. The number of halogens is 1. The minimum Gasteiger partial charge on any atom is -0.348 e. The summed E-state index contributed by atoms with van der Waals surface area (Å²) in [5.74, 6) is -0.480. The van der Waals surface area contributed by atoms with Crippen LogP contribution in [0.1, 0.15) is 6.92 Å². The Balaban J connectivity index is 0. The summed E-state index contributed by atoms with van der Waals surface area (Å²) in [6.45, 7) is 1.23. The third kappa shape index (κ3) is 8.83. The molecule has 0 aromatic heterocycles. The Hall–Kier alpha value is 0.760. The first-order valence-electron chi connectivity index (χ1n) is 1.06. The molecule has 0 N–H and O–H groups in total. The minimum atomic E-state index is -0.480. The van der Waals surface area contributed by atoms with Crippen LogP contribution in [0, 0.1) is 0 Å². The van der Waals surface area contributed by atoms with Gasteiger partial charge in [0.2, 0.25) is 0 Å². The quantitative estimate of drug-likeness (QED) is 0.334. The molecule has 0 aromatic rings. The van der Waals surface area contributed by atoms with Gasteiger partial charge in [0.15, 0.2) is 0 Å². The van der Waals surface area contributed by atoms with E-state index in [4.69, 9.17) is 0 Å². The molecule has 30 valence electrons. The van der Waals surface area contributed by atoms with Crippen molar-refractivity contribution in [2.24, 2.45) is 0 Å². The van der Waals surface area contributed by atoms with Gasteiger partial charge in [-0.1, -0.05) is 0 Å². The van der Waals surface area contributed by atoms with Crippen LogP contribution in [-0.2, 0) is 9.08 Å². The smallest absolute Gasteiger partial charge is 0.348 e. The summed E-state index contributed by atoms with van der Waals surface area (Å²) in [5, 5.41) is 0. The molecule has 4 heteroatoms. The average molecular weight is 117 g/mol. The molecule has 0 radical (unpaired) electrons. The largest absolute Gasteiger partial charge is 1.00 e. The van der Waals surface area contributed by atoms with E-state index in [0.717, 1.165) is 0 Å². The standard InChI is InChI=1S/C2H3ClO2.Na/c1-2(4)5-3;/h1H3;/q;+1. The van der Waals surface area contributed by atoms with E-state index in [1.165, 1.54) is 6.92 Å². The molecule has 0 fully saturated rings. The van der Waals surface area contributed by atoms with Gasteiger partial charge >= 0.3 is 35.5 Å². The maximum Gasteiger partial charge on any atom is 1.00 e. The van der Waals surface area contributed by atoms with Gasteiger partial charge in [0.1, 0.15) is 11.9 Å². The predicted molar refractivity (Wildman–Crippen MR) is 17.6 cm³/mol. The molecule has 0 aromatic carbocycles. The first-order chi connectivity index (χ1) is 2.27. The van der Waals surface area contributed by atoms with Crippen molar-refractivity contribution >= 4 is 17.8 Å². The number of hydrogen-bond donors (Lipinski definition) is 0.